The van der Waals surface area contributed by atoms with E-state index in [0.717, 1.165) is 18.4 Å². The highest BCUT2D eigenvalue weighted by atomic mass is 16.5. The van der Waals surface area contributed by atoms with Crippen LogP contribution in [0.3, 0.4) is 0 Å². The first-order valence-electron chi connectivity index (χ1n) is 8.22. The first-order valence-corrected chi connectivity index (χ1v) is 8.22. The lowest BCUT2D eigenvalue weighted by atomic mass is 9.89. The predicted octanol–water partition coefficient (Wildman–Crippen LogP) is 2.52. The van der Waals surface area contributed by atoms with E-state index >= 15 is 0 Å². The van der Waals surface area contributed by atoms with Crippen LogP contribution in [0.5, 0.6) is 0 Å². The molecule has 1 heterocycles. The summed E-state index contributed by atoms with van der Waals surface area (Å²) < 4.78 is 5.55. The summed E-state index contributed by atoms with van der Waals surface area (Å²) in [6, 6.07) is 9.55. The Labute approximate surface area is 137 Å². The average Bonchev–Trinajstić information content (AvgIpc) is 3.00. The third-order valence-electron chi connectivity index (χ3n) is 4.39. The smallest absolute Gasteiger partial charge is 0.308 e. The zero-order valence-electron chi connectivity index (χ0n) is 13.8. The number of amides is 1. The molecule has 0 spiro atoms. The third-order valence-corrected chi connectivity index (χ3v) is 4.39. The van der Waals surface area contributed by atoms with Crippen LogP contribution in [0.4, 0.5) is 0 Å². The number of aliphatic carboxylic acids is 1. The molecule has 1 fully saturated rings. The van der Waals surface area contributed by atoms with Crippen molar-refractivity contribution in [3.63, 3.8) is 0 Å². The quantitative estimate of drug-likeness (QED) is 0.784. The fraction of sp³-hybridized carbons (Fsp3) is 0.556. The second-order valence-corrected chi connectivity index (χ2v) is 6.07. The van der Waals surface area contributed by atoms with E-state index < -0.39 is 18.0 Å². The summed E-state index contributed by atoms with van der Waals surface area (Å²) in [6.45, 7) is 5.04. The summed E-state index contributed by atoms with van der Waals surface area (Å²) in [5.74, 6) is -1.70. The number of likely N-dealkylation sites (tertiary alicyclic amines) is 1. The molecule has 3 atom stereocenters. The van der Waals surface area contributed by atoms with Crippen molar-refractivity contribution in [2.75, 3.05) is 19.7 Å². The molecule has 1 amide bonds. The highest BCUT2D eigenvalue weighted by Crippen LogP contribution is 2.33. The number of carboxylic acids is 1. The summed E-state index contributed by atoms with van der Waals surface area (Å²) >= 11 is 0. The Morgan fingerprint density at radius 3 is 2.61 bits per heavy atom. The van der Waals surface area contributed by atoms with Crippen LogP contribution >= 0.6 is 0 Å². The molecule has 5 nitrogen and oxygen atoms in total. The highest BCUT2D eigenvalue weighted by molar-refractivity contribution is 5.82. The normalized spacial score (nSPS) is 22.1. The number of hydrogen-bond donors (Lipinski definition) is 1. The SMILES string of the molecule is CCCCOC(C)C(=O)N1CC(C(=O)O)C(c2ccccc2)C1. The standard InChI is InChI=1S/C18H25NO4/c1-3-4-10-23-13(2)17(20)19-11-15(16(12-19)18(21)22)14-8-6-5-7-9-14/h5-9,13,15-16H,3-4,10-12H2,1-2H3,(H,21,22). The zero-order valence-corrected chi connectivity index (χ0v) is 13.8. The maximum atomic E-state index is 12.5. The maximum absolute atomic E-state index is 12.5. The van der Waals surface area contributed by atoms with Crippen LogP contribution in [-0.4, -0.2) is 47.7 Å². The Balaban J connectivity index is 2.05. The fourth-order valence-corrected chi connectivity index (χ4v) is 3.00. The van der Waals surface area contributed by atoms with E-state index in [4.69, 9.17) is 4.74 Å². The number of carboxylic acid groups (broad SMARTS) is 1. The summed E-state index contributed by atoms with van der Waals surface area (Å²) in [4.78, 5) is 25.7. The van der Waals surface area contributed by atoms with Gasteiger partial charge in [0, 0.05) is 25.6 Å². The molecular weight excluding hydrogens is 294 g/mol. The molecule has 3 unspecified atom stereocenters. The molecule has 1 saturated heterocycles. The van der Waals surface area contributed by atoms with E-state index in [0.29, 0.717) is 13.2 Å². The topological polar surface area (TPSA) is 66.8 Å². The lowest BCUT2D eigenvalue weighted by molar-refractivity contribution is -0.143. The summed E-state index contributed by atoms with van der Waals surface area (Å²) in [6.07, 6.45) is 1.41. The average molecular weight is 319 g/mol. The molecule has 0 aromatic heterocycles. The highest BCUT2D eigenvalue weighted by Gasteiger charge is 2.41. The predicted molar refractivity (Wildman–Crippen MR) is 87.2 cm³/mol. The van der Waals surface area contributed by atoms with E-state index in [1.54, 1.807) is 11.8 Å². The van der Waals surface area contributed by atoms with Gasteiger partial charge in [-0.2, -0.15) is 0 Å². The van der Waals surface area contributed by atoms with E-state index in [2.05, 4.69) is 6.92 Å². The van der Waals surface area contributed by atoms with Crippen LogP contribution in [0.1, 0.15) is 38.2 Å². The van der Waals surface area contributed by atoms with Crippen molar-refractivity contribution in [2.45, 2.75) is 38.7 Å². The Bertz CT molecular complexity index is 531. The molecule has 1 aromatic rings. The van der Waals surface area contributed by atoms with Crippen LogP contribution in [0, 0.1) is 5.92 Å². The van der Waals surface area contributed by atoms with Crippen molar-refractivity contribution in [3.05, 3.63) is 35.9 Å². The minimum atomic E-state index is -0.853. The number of rotatable bonds is 7. The largest absolute Gasteiger partial charge is 0.481 e. The molecule has 1 N–H and O–H groups in total. The lowest BCUT2D eigenvalue weighted by Gasteiger charge is -2.21. The van der Waals surface area contributed by atoms with Gasteiger partial charge < -0.3 is 14.7 Å². The van der Waals surface area contributed by atoms with Crippen LogP contribution in [0.15, 0.2) is 30.3 Å². The number of carbonyl (C=O) groups excluding carboxylic acids is 1. The van der Waals surface area contributed by atoms with Crippen molar-refractivity contribution < 1.29 is 19.4 Å². The van der Waals surface area contributed by atoms with E-state index in [1.165, 1.54) is 0 Å². The van der Waals surface area contributed by atoms with Gasteiger partial charge in [0.1, 0.15) is 6.10 Å². The third kappa shape index (κ3) is 4.32. The second-order valence-electron chi connectivity index (χ2n) is 6.07. The van der Waals surface area contributed by atoms with Crippen LogP contribution in [0.2, 0.25) is 0 Å². The van der Waals surface area contributed by atoms with Gasteiger partial charge in [0.2, 0.25) is 0 Å². The molecule has 0 aliphatic carbocycles. The molecule has 2 rings (SSSR count). The first-order chi connectivity index (χ1) is 11.0. The van der Waals surface area contributed by atoms with Gasteiger partial charge in [0.05, 0.1) is 5.92 Å². The van der Waals surface area contributed by atoms with Crippen LogP contribution in [-0.2, 0) is 14.3 Å². The number of nitrogens with zero attached hydrogens (tertiary/aromatic N) is 1. The zero-order chi connectivity index (χ0) is 16.8. The Kier molecular flexibility index (Phi) is 6.16. The number of ether oxygens (including phenoxy) is 1. The molecule has 23 heavy (non-hydrogen) atoms. The van der Waals surface area contributed by atoms with Crippen molar-refractivity contribution in [3.8, 4) is 0 Å². The van der Waals surface area contributed by atoms with Gasteiger partial charge >= 0.3 is 5.97 Å². The summed E-state index contributed by atoms with van der Waals surface area (Å²) in [7, 11) is 0. The molecular formula is C18H25NO4. The van der Waals surface area contributed by atoms with E-state index in [-0.39, 0.29) is 18.4 Å². The summed E-state index contributed by atoms with van der Waals surface area (Å²) in [5.41, 5.74) is 0.967. The lowest BCUT2D eigenvalue weighted by Crippen LogP contribution is -2.38. The number of carbonyl (C=O) groups is 2. The molecule has 0 bridgehead atoms. The second kappa shape index (κ2) is 8.11. The van der Waals surface area contributed by atoms with Gasteiger partial charge in [0.15, 0.2) is 0 Å². The minimum Gasteiger partial charge on any atom is -0.481 e. The number of benzene rings is 1. The minimum absolute atomic E-state index is 0.120. The molecule has 0 saturated carbocycles. The fourth-order valence-electron chi connectivity index (χ4n) is 3.00. The molecule has 1 aromatic carbocycles. The van der Waals surface area contributed by atoms with Crippen molar-refractivity contribution in [2.24, 2.45) is 5.92 Å². The van der Waals surface area contributed by atoms with E-state index in [9.17, 15) is 14.7 Å². The molecule has 5 heteroatoms. The Hall–Kier alpha value is -1.88. The molecule has 126 valence electrons. The monoisotopic (exact) mass is 319 g/mol. The first kappa shape index (κ1) is 17.5. The van der Waals surface area contributed by atoms with Crippen LogP contribution in [0.25, 0.3) is 0 Å². The Morgan fingerprint density at radius 2 is 2.00 bits per heavy atom. The number of unbranched alkanes of at least 4 members (excludes halogenated alkanes) is 1. The maximum Gasteiger partial charge on any atom is 0.308 e. The molecule has 0 radical (unpaired) electrons. The number of hydrogen-bond acceptors (Lipinski definition) is 3. The van der Waals surface area contributed by atoms with Gasteiger partial charge in [0.25, 0.3) is 5.91 Å². The van der Waals surface area contributed by atoms with Crippen molar-refractivity contribution in [1.29, 1.82) is 0 Å². The van der Waals surface area contributed by atoms with Gasteiger partial charge in [-0.25, -0.2) is 0 Å². The van der Waals surface area contributed by atoms with Gasteiger partial charge in [-0.05, 0) is 18.9 Å². The Morgan fingerprint density at radius 1 is 1.30 bits per heavy atom. The molecule has 1 aliphatic rings. The van der Waals surface area contributed by atoms with Crippen molar-refractivity contribution in [1.82, 2.24) is 4.90 Å². The summed E-state index contributed by atoms with van der Waals surface area (Å²) in [5, 5.41) is 9.49. The van der Waals surface area contributed by atoms with E-state index in [1.807, 2.05) is 30.3 Å². The van der Waals surface area contributed by atoms with Gasteiger partial charge in [-0.3, -0.25) is 9.59 Å². The van der Waals surface area contributed by atoms with Gasteiger partial charge in [-0.1, -0.05) is 43.7 Å². The molecule has 1 aliphatic heterocycles. The van der Waals surface area contributed by atoms with Crippen LogP contribution < -0.4 is 0 Å². The van der Waals surface area contributed by atoms with Gasteiger partial charge in [-0.15, -0.1) is 0 Å². The van der Waals surface area contributed by atoms with Crippen molar-refractivity contribution >= 4 is 11.9 Å².